The first-order valence-corrected chi connectivity index (χ1v) is 6.96. The molecule has 1 aliphatic rings. The van der Waals surface area contributed by atoms with Crippen LogP contribution in [0.5, 0.6) is 6.01 Å². The number of nitrogens with one attached hydrogen (secondary N) is 1. The molecule has 2 aromatic rings. The molecule has 0 bridgehead atoms. The molecule has 0 aromatic carbocycles. The Balaban J connectivity index is 1.46. The zero-order valence-corrected chi connectivity index (χ0v) is 11.4. The highest BCUT2D eigenvalue weighted by atomic mass is 16.5. The number of carbonyl (C=O) groups excluding carboxylic acids is 1. The molecule has 0 spiro atoms. The van der Waals surface area contributed by atoms with Crippen molar-refractivity contribution < 1.29 is 14.1 Å². The van der Waals surface area contributed by atoms with E-state index in [1.54, 1.807) is 24.5 Å². The van der Waals surface area contributed by atoms with E-state index in [0.717, 1.165) is 25.7 Å². The van der Waals surface area contributed by atoms with Crippen molar-refractivity contribution in [2.75, 3.05) is 0 Å². The third-order valence-electron chi connectivity index (χ3n) is 3.49. The molecular weight excluding hydrogens is 272 g/mol. The third kappa shape index (κ3) is 3.56. The highest BCUT2D eigenvalue weighted by Crippen LogP contribution is 2.22. The molecule has 2 heterocycles. The van der Waals surface area contributed by atoms with Crippen molar-refractivity contribution in [3.05, 3.63) is 36.5 Å². The van der Waals surface area contributed by atoms with Crippen molar-refractivity contribution in [1.29, 1.82) is 0 Å². The first-order chi connectivity index (χ1) is 10.3. The summed E-state index contributed by atoms with van der Waals surface area (Å²) < 4.78 is 10.6. The maximum Gasteiger partial charge on any atom is 0.316 e. The first kappa shape index (κ1) is 13.5. The van der Waals surface area contributed by atoms with Crippen LogP contribution < -0.4 is 10.1 Å². The summed E-state index contributed by atoms with van der Waals surface area (Å²) in [4.78, 5) is 20.0. The van der Waals surface area contributed by atoms with Crippen LogP contribution in [0, 0.1) is 0 Å². The van der Waals surface area contributed by atoms with Gasteiger partial charge in [0.15, 0.2) is 0 Å². The molecule has 1 aliphatic carbocycles. The average Bonchev–Trinajstić information content (AvgIpc) is 3.05. The van der Waals surface area contributed by atoms with Crippen LogP contribution in [-0.4, -0.2) is 33.2 Å². The maximum atomic E-state index is 11.9. The Morgan fingerprint density at radius 1 is 1.19 bits per heavy atom. The van der Waals surface area contributed by atoms with Crippen LogP contribution >= 0.6 is 0 Å². The topological polar surface area (TPSA) is 90.1 Å². The van der Waals surface area contributed by atoms with Crippen molar-refractivity contribution in [1.82, 2.24) is 20.4 Å². The van der Waals surface area contributed by atoms with E-state index in [9.17, 15) is 4.79 Å². The van der Waals surface area contributed by atoms with Crippen molar-refractivity contribution in [2.45, 2.75) is 37.8 Å². The van der Waals surface area contributed by atoms with Gasteiger partial charge < -0.3 is 14.6 Å². The number of rotatable bonds is 4. The second-order valence-corrected chi connectivity index (χ2v) is 4.97. The number of nitrogens with zero attached hydrogens (tertiary/aromatic N) is 3. The van der Waals surface area contributed by atoms with Gasteiger partial charge in [0.05, 0.1) is 6.20 Å². The van der Waals surface area contributed by atoms with Gasteiger partial charge in [-0.25, -0.2) is 9.97 Å². The van der Waals surface area contributed by atoms with Crippen LogP contribution in [0.3, 0.4) is 0 Å². The second-order valence-electron chi connectivity index (χ2n) is 4.97. The molecule has 21 heavy (non-hydrogen) atoms. The van der Waals surface area contributed by atoms with Gasteiger partial charge in [-0.2, -0.15) is 0 Å². The fourth-order valence-electron chi connectivity index (χ4n) is 2.41. The molecule has 7 nitrogen and oxygen atoms in total. The number of carbonyl (C=O) groups is 1. The molecule has 7 heteroatoms. The summed E-state index contributed by atoms with van der Waals surface area (Å²) in [5.41, 5.74) is 0. The minimum atomic E-state index is -0.219. The maximum absolute atomic E-state index is 11.9. The smallest absolute Gasteiger partial charge is 0.316 e. The van der Waals surface area contributed by atoms with Crippen molar-refractivity contribution in [2.24, 2.45) is 0 Å². The Bertz CT molecular complexity index is 565. The number of amides is 1. The van der Waals surface area contributed by atoms with Gasteiger partial charge in [-0.1, -0.05) is 5.16 Å². The summed E-state index contributed by atoms with van der Waals surface area (Å²) in [5.74, 6) is 0.0225. The zero-order valence-electron chi connectivity index (χ0n) is 11.4. The van der Waals surface area contributed by atoms with Gasteiger partial charge in [0, 0.05) is 24.5 Å². The average molecular weight is 288 g/mol. The molecule has 1 amide bonds. The van der Waals surface area contributed by atoms with E-state index in [1.807, 2.05) is 0 Å². The summed E-state index contributed by atoms with van der Waals surface area (Å²) in [5, 5.41) is 6.47. The lowest BCUT2D eigenvalue weighted by molar-refractivity contribution is 0.0850. The van der Waals surface area contributed by atoms with E-state index in [2.05, 4.69) is 20.4 Å². The SMILES string of the molecule is O=C(NC1CCC(Oc2ncccn2)CC1)c1ccno1. The fraction of sp³-hybridized carbons (Fsp3) is 0.429. The van der Waals surface area contributed by atoms with Crippen LogP contribution in [0.25, 0.3) is 0 Å². The summed E-state index contributed by atoms with van der Waals surface area (Å²) in [6.07, 6.45) is 8.32. The van der Waals surface area contributed by atoms with E-state index in [4.69, 9.17) is 9.26 Å². The molecule has 0 atom stereocenters. The molecule has 3 rings (SSSR count). The molecule has 1 fully saturated rings. The number of hydrogen-bond acceptors (Lipinski definition) is 6. The Morgan fingerprint density at radius 2 is 1.95 bits per heavy atom. The van der Waals surface area contributed by atoms with E-state index in [1.165, 1.54) is 6.20 Å². The lowest BCUT2D eigenvalue weighted by Gasteiger charge is -2.28. The highest BCUT2D eigenvalue weighted by molar-refractivity contribution is 5.91. The van der Waals surface area contributed by atoms with Gasteiger partial charge >= 0.3 is 6.01 Å². The second kappa shape index (κ2) is 6.34. The molecule has 1 N–H and O–H groups in total. The predicted molar refractivity (Wildman–Crippen MR) is 72.7 cm³/mol. The molecule has 1 saturated carbocycles. The van der Waals surface area contributed by atoms with E-state index in [0.29, 0.717) is 6.01 Å². The minimum Gasteiger partial charge on any atom is -0.460 e. The Hall–Kier alpha value is -2.44. The largest absolute Gasteiger partial charge is 0.460 e. The van der Waals surface area contributed by atoms with Crippen molar-refractivity contribution in [3.63, 3.8) is 0 Å². The first-order valence-electron chi connectivity index (χ1n) is 6.96. The molecule has 2 aromatic heterocycles. The van der Waals surface area contributed by atoms with Gasteiger partial charge in [-0.3, -0.25) is 4.79 Å². The van der Waals surface area contributed by atoms with Gasteiger partial charge in [0.1, 0.15) is 6.10 Å². The summed E-state index contributed by atoms with van der Waals surface area (Å²) in [7, 11) is 0. The normalized spacial score (nSPS) is 21.7. The standard InChI is InChI=1S/C14H16N4O3/c19-13(12-6-9-17-21-12)18-10-2-4-11(5-3-10)20-14-15-7-1-8-16-14/h1,6-11H,2-5H2,(H,18,19). The van der Waals surface area contributed by atoms with Gasteiger partial charge in [-0.15, -0.1) is 0 Å². The minimum absolute atomic E-state index is 0.103. The van der Waals surface area contributed by atoms with Crippen LogP contribution in [0.2, 0.25) is 0 Å². The molecule has 0 saturated heterocycles. The molecule has 110 valence electrons. The van der Waals surface area contributed by atoms with E-state index < -0.39 is 0 Å². The number of ether oxygens (including phenoxy) is 1. The molecular formula is C14H16N4O3. The summed E-state index contributed by atoms with van der Waals surface area (Å²) in [6.45, 7) is 0. The van der Waals surface area contributed by atoms with Crippen LogP contribution in [-0.2, 0) is 0 Å². The third-order valence-corrected chi connectivity index (χ3v) is 3.49. The Morgan fingerprint density at radius 3 is 2.62 bits per heavy atom. The number of hydrogen-bond donors (Lipinski definition) is 1. The Kier molecular flexibility index (Phi) is 4.09. The van der Waals surface area contributed by atoms with E-state index >= 15 is 0 Å². The fourth-order valence-corrected chi connectivity index (χ4v) is 2.41. The lowest BCUT2D eigenvalue weighted by atomic mass is 9.93. The van der Waals surface area contributed by atoms with Gasteiger partial charge in [0.2, 0.25) is 5.76 Å². The predicted octanol–water partition coefficient (Wildman–Crippen LogP) is 1.58. The van der Waals surface area contributed by atoms with Crippen molar-refractivity contribution >= 4 is 5.91 Å². The number of aromatic nitrogens is 3. The molecule has 0 unspecified atom stereocenters. The van der Waals surface area contributed by atoms with E-state index in [-0.39, 0.29) is 23.8 Å². The lowest BCUT2D eigenvalue weighted by Crippen LogP contribution is -2.39. The molecule has 0 aliphatic heterocycles. The summed E-state index contributed by atoms with van der Waals surface area (Å²) >= 11 is 0. The van der Waals surface area contributed by atoms with Crippen LogP contribution in [0.1, 0.15) is 36.2 Å². The highest BCUT2D eigenvalue weighted by Gasteiger charge is 2.25. The van der Waals surface area contributed by atoms with Crippen LogP contribution in [0.4, 0.5) is 0 Å². The summed E-state index contributed by atoms with van der Waals surface area (Å²) in [6, 6.07) is 3.85. The van der Waals surface area contributed by atoms with Gasteiger partial charge in [0.25, 0.3) is 5.91 Å². The van der Waals surface area contributed by atoms with Crippen LogP contribution in [0.15, 0.2) is 35.2 Å². The zero-order chi connectivity index (χ0) is 14.5. The molecule has 0 radical (unpaired) electrons. The van der Waals surface area contributed by atoms with Crippen molar-refractivity contribution in [3.8, 4) is 6.01 Å². The monoisotopic (exact) mass is 288 g/mol. The van der Waals surface area contributed by atoms with Gasteiger partial charge in [-0.05, 0) is 31.7 Å². The Labute approximate surface area is 121 Å². The quantitative estimate of drug-likeness (QED) is 0.918.